The molecular weight excluding hydrogens is 216 g/mol. The van der Waals surface area contributed by atoms with Gasteiger partial charge in [-0.1, -0.05) is 0 Å². The van der Waals surface area contributed by atoms with E-state index >= 15 is 0 Å². The lowest BCUT2D eigenvalue weighted by Crippen LogP contribution is -2.34. The first-order valence-electron chi connectivity index (χ1n) is 3.70. The van der Waals surface area contributed by atoms with Crippen LogP contribution in [-0.4, -0.2) is 37.8 Å². The smallest absolute Gasteiger partial charge is 0.264 e. The van der Waals surface area contributed by atoms with E-state index in [-0.39, 0.29) is 29.4 Å². The predicted molar refractivity (Wildman–Crippen MR) is 49.5 cm³/mol. The van der Waals surface area contributed by atoms with Gasteiger partial charge in [0.2, 0.25) is 10.3 Å². The van der Waals surface area contributed by atoms with E-state index in [2.05, 4.69) is 10.6 Å². The molecule has 2 N–H and O–H groups in total. The highest BCUT2D eigenvalue weighted by Gasteiger charge is 2.42. The summed E-state index contributed by atoms with van der Waals surface area (Å²) in [4.78, 5) is 11.0. The summed E-state index contributed by atoms with van der Waals surface area (Å²) in [5.41, 5.74) is 0. The summed E-state index contributed by atoms with van der Waals surface area (Å²) in [5.74, 6) is -0.453. The molecule has 1 amide bonds. The van der Waals surface area contributed by atoms with Gasteiger partial charge in [-0.15, -0.1) is 12.4 Å². The van der Waals surface area contributed by atoms with Crippen LogP contribution in [0, 0.1) is 0 Å². The molecule has 2 atom stereocenters. The Bertz CT molecular complexity index is 356. The van der Waals surface area contributed by atoms with Gasteiger partial charge in [-0.3, -0.25) is 4.79 Å². The quantitative estimate of drug-likeness (QED) is 0.482. The molecule has 2 rings (SSSR count). The Balaban J connectivity index is 0.000000845. The lowest BCUT2D eigenvalue weighted by atomic mass is 10.1. The van der Waals surface area contributed by atoms with Crippen LogP contribution >= 0.6 is 12.4 Å². The third-order valence-corrected chi connectivity index (χ3v) is 3.02. The van der Waals surface area contributed by atoms with Gasteiger partial charge in [0.1, 0.15) is 0 Å². The Morgan fingerprint density at radius 3 is 2.69 bits per heavy atom. The van der Waals surface area contributed by atoms with Crippen LogP contribution in [0.4, 0.5) is 0 Å². The number of fused-ring (bicyclic) bond motifs is 1. The first kappa shape index (κ1) is 10.5. The Kier molecular flexibility index (Phi) is 2.94. The third-order valence-electron chi connectivity index (χ3n) is 2.22. The second-order valence-corrected chi connectivity index (χ2v) is 3.81. The van der Waals surface area contributed by atoms with Gasteiger partial charge in [-0.25, -0.2) is 0 Å². The molecule has 0 aromatic heterocycles. The van der Waals surface area contributed by atoms with Crippen molar-refractivity contribution in [1.29, 1.82) is 0 Å². The van der Waals surface area contributed by atoms with Gasteiger partial charge >= 0.3 is 0 Å². The van der Waals surface area contributed by atoms with E-state index in [0.29, 0.717) is 0 Å². The topological polar surface area (TPSA) is 75.3 Å². The maximum absolute atomic E-state index is 11.0. The van der Waals surface area contributed by atoms with E-state index in [1.54, 1.807) is 0 Å². The monoisotopic (exact) mass is 224 g/mol. The van der Waals surface area contributed by atoms with Crippen LogP contribution < -0.4 is 10.6 Å². The van der Waals surface area contributed by atoms with Crippen LogP contribution in [-0.2, 0) is 15.1 Å². The van der Waals surface area contributed by atoms with E-state index in [9.17, 15) is 13.2 Å². The van der Waals surface area contributed by atoms with Gasteiger partial charge in [0.05, 0.1) is 12.1 Å². The molecule has 0 saturated carbocycles. The Morgan fingerprint density at radius 1 is 1.38 bits per heavy atom. The van der Waals surface area contributed by atoms with E-state index in [0.717, 1.165) is 13.0 Å². The second-order valence-electron chi connectivity index (χ2n) is 2.90. The molecule has 13 heavy (non-hydrogen) atoms. The van der Waals surface area contributed by atoms with Crippen molar-refractivity contribution in [1.82, 2.24) is 10.6 Å². The zero-order valence-electron chi connectivity index (χ0n) is 6.61. The van der Waals surface area contributed by atoms with Crippen LogP contribution in [0.25, 0.3) is 0 Å². The number of carbonyl (C=O) groups excluding carboxylic acids is 1. The minimum absolute atomic E-state index is 0. The molecule has 7 heteroatoms. The summed E-state index contributed by atoms with van der Waals surface area (Å²) in [7, 11) is -2.39. The highest BCUT2D eigenvalue weighted by atomic mass is 35.5. The summed E-state index contributed by atoms with van der Waals surface area (Å²) < 4.78 is 21.2. The molecule has 2 unspecified atom stereocenters. The van der Waals surface area contributed by atoms with Crippen molar-refractivity contribution in [3.63, 3.8) is 0 Å². The summed E-state index contributed by atoms with van der Waals surface area (Å²) in [6, 6.07) is -0.318. The third kappa shape index (κ3) is 1.56. The largest absolute Gasteiger partial charge is 0.347 e. The fourth-order valence-electron chi connectivity index (χ4n) is 1.69. The number of hydrogen-bond donors (Lipinski definition) is 2. The first-order chi connectivity index (χ1) is 5.70. The van der Waals surface area contributed by atoms with E-state index < -0.39 is 16.2 Å². The molecule has 0 aromatic rings. The highest BCUT2D eigenvalue weighted by Crippen LogP contribution is 2.14. The first-order valence-corrected chi connectivity index (χ1v) is 4.78. The molecule has 5 nitrogen and oxygen atoms in total. The van der Waals surface area contributed by atoms with Gasteiger partial charge in [0, 0.05) is 0 Å². The van der Waals surface area contributed by atoms with Crippen LogP contribution in [0.3, 0.4) is 0 Å². The predicted octanol–water partition coefficient (Wildman–Crippen LogP) is -1.68. The average molecular weight is 225 g/mol. The van der Waals surface area contributed by atoms with Crippen molar-refractivity contribution >= 4 is 33.5 Å². The van der Waals surface area contributed by atoms with Crippen molar-refractivity contribution in [3.05, 3.63) is 0 Å². The lowest BCUT2D eigenvalue weighted by Gasteiger charge is -2.04. The zero-order chi connectivity index (χ0) is 8.72. The second kappa shape index (κ2) is 3.65. The van der Waals surface area contributed by atoms with Crippen LogP contribution in [0.5, 0.6) is 0 Å². The molecule has 0 radical (unpaired) electrons. The minimum atomic E-state index is -2.39. The SMILES string of the molecule is Cl.O=C1NC2CCNC2C1=S(=O)=O. The average Bonchev–Trinajstić information content (AvgIpc) is 2.44. The molecule has 74 valence electrons. The summed E-state index contributed by atoms with van der Waals surface area (Å²) in [5, 5.41) is 5.58. The number of nitrogens with one attached hydrogen (secondary N) is 2. The van der Waals surface area contributed by atoms with Gasteiger partial charge in [-0.2, -0.15) is 8.42 Å². The van der Waals surface area contributed by atoms with Crippen molar-refractivity contribution in [2.75, 3.05) is 6.54 Å². The van der Waals surface area contributed by atoms with E-state index in [1.165, 1.54) is 0 Å². The zero-order valence-corrected chi connectivity index (χ0v) is 8.24. The highest BCUT2D eigenvalue weighted by molar-refractivity contribution is 7.75. The molecule has 2 heterocycles. The normalized spacial score (nSPS) is 30.8. The van der Waals surface area contributed by atoms with Crippen molar-refractivity contribution in [2.45, 2.75) is 18.5 Å². The Morgan fingerprint density at radius 2 is 2.08 bits per heavy atom. The number of halogens is 1. The summed E-state index contributed by atoms with van der Waals surface area (Å²) >= 11 is 0. The van der Waals surface area contributed by atoms with Gasteiger partial charge < -0.3 is 10.6 Å². The van der Waals surface area contributed by atoms with Crippen LogP contribution in [0.15, 0.2) is 0 Å². The summed E-state index contributed by atoms with van der Waals surface area (Å²) in [6.07, 6.45) is 0.803. The molecule has 2 fully saturated rings. The van der Waals surface area contributed by atoms with Crippen molar-refractivity contribution in [2.24, 2.45) is 0 Å². The van der Waals surface area contributed by atoms with Crippen LogP contribution in [0.1, 0.15) is 6.42 Å². The fourth-order valence-corrected chi connectivity index (χ4v) is 2.36. The number of hydrogen-bond acceptors (Lipinski definition) is 4. The molecule has 2 saturated heterocycles. The number of amides is 1. The molecular formula is C6H9ClN2O3S. The van der Waals surface area contributed by atoms with Gasteiger partial charge in [0.25, 0.3) is 5.91 Å². The maximum atomic E-state index is 11.0. The summed E-state index contributed by atoms with van der Waals surface area (Å²) in [6.45, 7) is 0.760. The molecule has 2 aliphatic rings. The number of carbonyl (C=O) groups is 1. The van der Waals surface area contributed by atoms with Crippen molar-refractivity contribution in [3.8, 4) is 0 Å². The molecule has 0 spiro atoms. The van der Waals surface area contributed by atoms with Gasteiger partial charge in [0.15, 0.2) is 4.86 Å². The fraction of sp³-hybridized carbons (Fsp3) is 0.667. The lowest BCUT2D eigenvalue weighted by molar-refractivity contribution is -0.114. The van der Waals surface area contributed by atoms with Crippen LogP contribution in [0.2, 0.25) is 0 Å². The van der Waals surface area contributed by atoms with Gasteiger partial charge in [-0.05, 0) is 13.0 Å². The molecule has 0 aromatic carbocycles. The molecule has 0 aliphatic carbocycles. The maximum Gasteiger partial charge on any atom is 0.264 e. The van der Waals surface area contributed by atoms with E-state index in [4.69, 9.17) is 0 Å². The van der Waals surface area contributed by atoms with Crippen molar-refractivity contribution < 1.29 is 13.2 Å². The number of rotatable bonds is 0. The Labute approximate surface area is 82.8 Å². The Hall–Kier alpha value is -0.590. The minimum Gasteiger partial charge on any atom is -0.347 e. The standard InChI is InChI=1S/C6H8N2O3S.ClH/c9-6-5(12(10)11)4-3(8-6)1-2-7-4;/h3-4,7H,1-2H2,(H,8,9);1H. The molecule has 2 aliphatic heterocycles. The van der Waals surface area contributed by atoms with E-state index in [1.807, 2.05) is 0 Å². The molecule has 0 bridgehead atoms.